The summed E-state index contributed by atoms with van der Waals surface area (Å²) >= 11 is 0. The molecule has 1 unspecified atom stereocenters. The van der Waals surface area contributed by atoms with E-state index in [-0.39, 0.29) is 18.6 Å². The van der Waals surface area contributed by atoms with Crippen LogP contribution in [-0.4, -0.2) is 31.0 Å². The fourth-order valence-corrected chi connectivity index (χ4v) is 3.23. The molecular formula is C7H9NO4S. The van der Waals surface area contributed by atoms with E-state index in [1.807, 2.05) is 0 Å². The molecule has 1 rings (SSSR count). The highest BCUT2D eigenvalue weighted by Crippen LogP contribution is 2.30. The van der Waals surface area contributed by atoms with Crippen molar-refractivity contribution in [2.24, 2.45) is 5.41 Å². The second-order valence-electron chi connectivity index (χ2n) is 3.19. The predicted molar refractivity (Wildman–Crippen MR) is 43.6 cm³/mol. The van der Waals surface area contributed by atoms with E-state index in [4.69, 9.17) is 10.4 Å². The molecule has 1 saturated heterocycles. The van der Waals surface area contributed by atoms with Crippen LogP contribution >= 0.6 is 0 Å². The number of nitrogens with zero attached hydrogens (tertiary/aromatic N) is 1. The van der Waals surface area contributed by atoms with Gasteiger partial charge in [-0.2, -0.15) is 5.26 Å². The summed E-state index contributed by atoms with van der Waals surface area (Å²) in [6.07, 6.45) is 0.375. The highest BCUT2D eigenvalue weighted by molar-refractivity contribution is 7.91. The van der Waals surface area contributed by atoms with Crippen molar-refractivity contribution in [1.82, 2.24) is 0 Å². The largest absolute Gasteiger partial charge is 0.480 e. The smallest absolute Gasteiger partial charge is 0.325 e. The maximum atomic E-state index is 11.1. The number of rotatable bonds is 1. The van der Waals surface area contributed by atoms with E-state index >= 15 is 0 Å². The lowest BCUT2D eigenvalue weighted by molar-refractivity contribution is -0.144. The van der Waals surface area contributed by atoms with Gasteiger partial charge >= 0.3 is 5.97 Å². The summed E-state index contributed by atoms with van der Waals surface area (Å²) in [5.41, 5.74) is -1.71. The standard InChI is InChI=1S/C7H9NO4S/c8-4-7(6(9)10)2-1-3-13(11,12)5-7/h1-3,5H2,(H,9,10). The number of aliphatic carboxylic acids is 1. The Hall–Kier alpha value is -1.09. The Bertz CT molecular complexity index is 366. The number of carboxylic acids is 1. The summed E-state index contributed by atoms with van der Waals surface area (Å²) in [4.78, 5) is 10.7. The average Bonchev–Trinajstić information content (AvgIpc) is 2.02. The molecule has 0 spiro atoms. The van der Waals surface area contributed by atoms with Crippen LogP contribution in [0.3, 0.4) is 0 Å². The molecule has 1 N–H and O–H groups in total. The van der Waals surface area contributed by atoms with Gasteiger partial charge in [0.15, 0.2) is 15.3 Å². The van der Waals surface area contributed by atoms with Crippen LogP contribution in [0.1, 0.15) is 12.8 Å². The van der Waals surface area contributed by atoms with E-state index in [9.17, 15) is 13.2 Å². The number of sulfone groups is 1. The molecule has 0 aliphatic carbocycles. The third-order valence-corrected chi connectivity index (χ3v) is 3.99. The van der Waals surface area contributed by atoms with Crippen molar-refractivity contribution in [2.75, 3.05) is 11.5 Å². The molecule has 0 bridgehead atoms. The molecule has 1 fully saturated rings. The fraction of sp³-hybridized carbons (Fsp3) is 0.714. The van der Waals surface area contributed by atoms with Crippen molar-refractivity contribution in [3.05, 3.63) is 0 Å². The maximum absolute atomic E-state index is 11.1. The van der Waals surface area contributed by atoms with E-state index in [0.717, 1.165) is 0 Å². The van der Waals surface area contributed by atoms with Gasteiger partial charge in [0.1, 0.15) is 0 Å². The fourth-order valence-electron chi connectivity index (χ4n) is 1.42. The minimum absolute atomic E-state index is 0.0102. The highest BCUT2D eigenvalue weighted by Gasteiger charge is 2.45. The lowest BCUT2D eigenvalue weighted by Crippen LogP contribution is -2.41. The molecule has 6 heteroatoms. The molecule has 13 heavy (non-hydrogen) atoms. The highest BCUT2D eigenvalue weighted by atomic mass is 32.2. The van der Waals surface area contributed by atoms with Crippen LogP contribution in [-0.2, 0) is 14.6 Å². The zero-order valence-electron chi connectivity index (χ0n) is 6.86. The first-order chi connectivity index (χ1) is 5.92. The second kappa shape index (κ2) is 3.00. The molecule has 0 amide bonds. The molecule has 0 saturated carbocycles. The lowest BCUT2D eigenvalue weighted by atomic mass is 9.87. The van der Waals surface area contributed by atoms with E-state index < -0.39 is 27.0 Å². The average molecular weight is 203 g/mol. The van der Waals surface area contributed by atoms with Crippen LogP contribution in [0, 0.1) is 16.7 Å². The maximum Gasteiger partial charge on any atom is 0.325 e. The third kappa shape index (κ3) is 1.80. The molecule has 1 aliphatic heterocycles. The summed E-state index contributed by atoms with van der Waals surface area (Å²) in [6.45, 7) is 0. The molecule has 72 valence electrons. The van der Waals surface area contributed by atoms with Crippen LogP contribution in [0.5, 0.6) is 0 Å². The summed E-state index contributed by atoms with van der Waals surface area (Å²) in [7, 11) is -3.35. The molecule has 5 nitrogen and oxygen atoms in total. The molecule has 0 aromatic carbocycles. The van der Waals surface area contributed by atoms with Crippen LogP contribution in [0.25, 0.3) is 0 Å². The Morgan fingerprint density at radius 3 is 2.46 bits per heavy atom. The monoisotopic (exact) mass is 203 g/mol. The van der Waals surface area contributed by atoms with Crippen molar-refractivity contribution < 1.29 is 18.3 Å². The van der Waals surface area contributed by atoms with Crippen molar-refractivity contribution >= 4 is 15.8 Å². The zero-order chi connectivity index (χ0) is 10.1. The number of hydrogen-bond acceptors (Lipinski definition) is 4. The molecule has 1 heterocycles. The van der Waals surface area contributed by atoms with Gasteiger partial charge < -0.3 is 5.11 Å². The second-order valence-corrected chi connectivity index (χ2v) is 5.38. The van der Waals surface area contributed by atoms with Crippen LogP contribution < -0.4 is 0 Å². The van der Waals surface area contributed by atoms with Gasteiger partial charge in [-0.25, -0.2) is 8.42 Å². The first-order valence-corrected chi connectivity index (χ1v) is 5.59. The van der Waals surface area contributed by atoms with Crippen LogP contribution in [0.2, 0.25) is 0 Å². The first-order valence-electron chi connectivity index (χ1n) is 3.77. The minimum Gasteiger partial charge on any atom is -0.480 e. The normalized spacial score (nSPS) is 31.9. The third-order valence-electron chi connectivity index (χ3n) is 2.15. The molecule has 1 atom stereocenters. The van der Waals surface area contributed by atoms with Gasteiger partial charge in [-0.1, -0.05) is 0 Å². The Morgan fingerprint density at radius 2 is 2.15 bits per heavy atom. The molecule has 0 aromatic rings. The summed E-state index contributed by atoms with van der Waals surface area (Å²) < 4.78 is 22.2. The zero-order valence-corrected chi connectivity index (χ0v) is 7.67. The molecular weight excluding hydrogens is 194 g/mol. The van der Waals surface area contributed by atoms with Crippen molar-refractivity contribution in [3.63, 3.8) is 0 Å². The Labute approximate surface area is 75.9 Å². The molecule has 0 aromatic heterocycles. The quantitative estimate of drug-likeness (QED) is 0.636. The van der Waals surface area contributed by atoms with Crippen LogP contribution in [0.4, 0.5) is 0 Å². The van der Waals surface area contributed by atoms with Crippen LogP contribution in [0.15, 0.2) is 0 Å². The molecule has 1 aliphatic rings. The first kappa shape index (κ1) is 9.99. The van der Waals surface area contributed by atoms with E-state index in [1.165, 1.54) is 0 Å². The van der Waals surface area contributed by atoms with Gasteiger partial charge in [0, 0.05) is 0 Å². The van der Waals surface area contributed by atoms with Gasteiger partial charge in [0.05, 0.1) is 17.6 Å². The van der Waals surface area contributed by atoms with Gasteiger partial charge in [-0.05, 0) is 12.8 Å². The predicted octanol–water partition coefficient (Wildman–Crippen LogP) is -0.210. The Morgan fingerprint density at radius 1 is 1.54 bits per heavy atom. The number of hydrogen-bond donors (Lipinski definition) is 1. The Balaban J connectivity index is 3.05. The minimum atomic E-state index is -3.35. The topological polar surface area (TPSA) is 95.2 Å². The number of nitriles is 1. The van der Waals surface area contributed by atoms with Gasteiger partial charge in [0.2, 0.25) is 0 Å². The summed E-state index contributed by atoms with van der Waals surface area (Å²) in [5.74, 6) is -1.89. The summed E-state index contributed by atoms with van der Waals surface area (Å²) in [6, 6.07) is 1.59. The van der Waals surface area contributed by atoms with Gasteiger partial charge in [-0.15, -0.1) is 0 Å². The number of carbonyl (C=O) groups is 1. The number of carboxylic acid groups (broad SMARTS) is 1. The SMILES string of the molecule is N#CC1(C(=O)O)CCCS(=O)(=O)C1. The van der Waals surface area contributed by atoms with E-state index in [1.54, 1.807) is 6.07 Å². The van der Waals surface area contributed by atoms with Crippen molar-refractivity contribution in [2.45, 2.75) is 12.8 Å². The van der Waals surface area contributed by atoms with Crippen molar-refractivity contribution in [1.29, 1.82) is 5.26 Å². The molecule has 0 radical (unpaired) electrons. The van der Waals surface area contributed by atoms with Gasteiger partial charge in [-0.3, -0.25) is 4.79 Å². The lowest BCUT2D eigenvalue weighted by Gasteiger charge is -2.25. The Kier molecular flexibility index (Phi) is 2.30. The van der Waals surface area contributed by atoms with Gasteiger partial charge in [0.25, 0.3) is 0 Å². The van der Waals surface area contributed by atoms with E-state index in [2.05, 4.69) is 0 Å². The summed E-state index contributed by atoms with van der Waals surface area (Å²) in [5, 5.41) is 17.4. The van der Waals surface area contributed by atoms with Crippen molar-refractivity contribution in [3.8, 4) is 6.07 Å². The van der Waals surface area contributed by atoms with E-state index in [0.29, 0.717) is 0 Å².